The lowest BCUT2D eigenvalue weighted by Gasteiger charge is -2.38. The number of aliphatic hydroxyl groups is 1. The quantitative estimate of drug-likeness (QED) is 0.763. The van der Waals surface area contributed by atoms with Crippen molar-refractivity contribution in [1.29, 1.82) is 5.26 Å². The molecule has 7 heteroatoms. The van der Waals surface area contributed by atoms with Gasteiger partial charge in [0.05, 0.1) is 11.6 Å². The summed E-state index contributed by atoms with van der Waals surface area (Å²) in [5.41, 5.74) is 7.84. The van der Waals surface area contributed by atoms with Crippen LogP contribution in [-0.4, -0.2) is 36.0 Å². The number of guanidine groups is 1. The number of aliphatic hydroxyl groups excluding tert-OH is 1. The summed E-state index contributed by atoms with van der Waals surface area (Å²) in [7, 11) is 2.62. The molecule has 0 spiro atoms. The van der Waals surface area contributed by atoms with Crippen molar-refractivity contribution < 1.29 is 14.3 Å². The number of hydrogen-bond donors (Lipinski definition) is 2. The fraction of sp³-hybridized carbons (Fsp3) is 0.400. The van der Waals surface area contributed by atoms with Crippen LogP contribution < -0.4 is 5.73 Å². The summed E-state index contributed by atoms with van der Waals surface area (Å²) < 4.78 is 14.9. The minimum atomic E-state index is -1.25. The molecule has 6 nitrogen and oxygen atoms in total. The third kappa shape index (κ3) is 3.76. The smallest absolute Gasteiger partial charge is 0.262 e. The van der Waals surface area contributed by atoms with Crippen LogP contribution in [0, 0.1) is 30.0 Å². The molecular formula is C25H29FN4O2. The predicted molar refractivity (Wildman–Crippen MR) is 122 cm³/mol. The highest BCUT2D eigenvalue weighted by Crippen LogP contribution is 2.50. The molecule has 1 heterocycles. The first-order chi connectivity index (χ1) is 15.4. The zero-order valence-corrected chi connectivity index (χ0v) is 18.7. The van der Waals surface area contributed by atoms with Crippen molar-refractivity contribution in [3.63, 3.8) is 0 Å². The molecule has 1 fully saturated rings. The van der Waals surface area contributed by atoms with Gasteiger partial charge in [0.2, 0.25) is 0 Å². The van der Waals surface area contributed by atoms with E-state index in [9.17, 15) is 14.4 Å². The number of carbonyl (C=O) groups is 1. The van der Waals surface area contributed by atoms with Crippen molar-refractivity contribution in [3.05, 3.63) is 58.9 Å². The molecule has 1 amide bonds. The number of amides is 1. The lowest BCUT2D eigenvalue weighted by molar-refractivity contribution is -0.133. The van der Waals surface area contributed by atoms with E-state index in [4.69, 9.17) is 15.8 Å². The molecular weight excluding hydrogens is 407 g/mol. The third-order valence-electron chi connectivity index (χ3n) is 6.54. The fourth-order valence-corrected chi connectivity index (χ4v) is 4.99. The Hall–Kier alpha value is -3.24. The molecule has 2 aromatic rings. The van der Waals surface area contributed by atoms with Crippen molar-refractivity contribution in [1.82, 2.24) is 4.90 Å². The van der Waals surface area contributed by atoms with E-state index in [2.05, 4.69) is 6.07 Å². The molecule has 0 saturated heterocycles. The Labute approximate surface area is 188 Å². The normalized spacial score (nSPS) is 20.9. The SMILES string of the molecule is CO.Cc1c(F)ccc(-c2cccc(C#N)c2)c1C1(C2CCCCC2)N=C(N)N(C)C1=O. The zero-order chi connectivity index (χ0) is 23.5. The highest BCUT2D eigenvalue weighted by atomic mass is 19.1. The van der Waals surface area contributed by atoms with Crippen molar-refractivity contribution in [3.8, 4) is 17.2 Å². The van der Waals surface area contributed by atoms with Gasteiger partial charge >= 0.3 is 0 Å². The van der Waals surface area contributed by atoms with Crippen LogP contribution in [-0.2, 0) is 10.3 Å². The number of halogens is 1. The molecule has 1 aliphatic heterocycles. The first kappa shape index (κ1) is 23.4. The summed E-state index contributed by atoms with van der Waals surface area (Å²) in [5.74, 6) is -0.485. The van der Waals surface area contributed by atoms with Gasteiger partial charge in [0.25, 0.3) is 5.91 Å². The van der Waals surface area contributed by atoms with Crippen LogP contribution in [0.4, 0.5) is 4.39 Å². The molecule has 1 atom stereocenters. The Morgan fingerprint density at radius 2 is 1.91 bits per heavy atom. The van der Waals surface area contributed by atoms with E-state index in [1.807, 2.05) is 6.07 Å². The Balaban J connectivity index is 0.00000141. The van der Waals surface area contributed by atoms with Gasteiger partial charge in [-0.3, -0.25) is 9.69 Å². The zero-order valence-electron chi connectivity index (χ0n) is 18.7. The number of nitrogens with zero attached hydrogens (tertiary/aromatic N) is 3. The molecule has 1 unspecified atom stereocenters. The van der Waals surface area contributed by atoms with E-state index in [-0.39, 0.29) is 23.6 Å². The number of nitrogens with two attached hydrogens (primary N) is 1. The third-order valence-corrected chi connectivity index (χ3v) is 6.54. The average Bonchev–Trinajstić information content (AvgIpc) is 3.07. The summed E-state index contributed by atoms with van der Waals surface area (Å²) in [6.45, 7) is 1.70. The van der Waals surface area contributed by atoms with Crippen LogP contribution in [0.15, 0.2) is 41.4 Å². The van der Waals surface area contributed by atoms with Crippen LogP contribution >= 0.6 is 0 Å². The van der Waals surface area contributed by atoms with E-state index in [1.54, 1.807) is 38.2 Å². The van der Waals surface area contributed by atoms with Crippen molar-refractivity contribution in [2.45, 2.75) is 44.6 Å². The van der Waals surface area contributed by atoms with Gasteiger partial charge in [0.1, 0.15) is 5.82 Å². The van der Waals surface area contributed by atoms with Crippen LogP contribution in [0.2, 0.25) is 0 Å². The monoisotopic (exact) mass is 436 g/mol. The van der Waals surface area contributed by atoms with Crippen LogP contribution in [0.5, 0.6) is 0 Å². The van der Waals surface area contributed by atoms with Crippen molar-refractivity contribution >= 4 is 11.9 Å². The maximum Gasteiger partial charge on any atom is 0.262 e. The molecule has 0 bridgehead atoms. The number of nitriles is 1. The van der Waals surface area contributed by atoms with E-state index in [1.165, 1.54) is 11.0 Å². The van der Waals surface area contributed by atoms with Crippen LogP contribution in [0.25, 0.3) is 11.1 Å². The summed E-state index contributed by atoms with van der Waals surface area (Å²) in [4.78, 5) is 19.8. The highest BCUT2D eigenvalue weighted by Gasteiger charge is 2.55. The van der Waals surface area contributed by atoms with E-state index >= 15 is 0 Å². The predicted octanol–water partition coefficient (Wildman–Crippen LogP) is 3.84. The van der Waals surface area contributed by atoms with Gasteiger partial charge in [-0.25, -0.2) is 9.38 Å². The van der Waals surface area contributed by atoms with Gasteiger partial charge < -0.3 is 10.8 Å². The van der Waals surface area contributed by atoms with Gasteiger partial charge in [-0.05, 0) is 60.6 Å². The van der Waals surface area contributed by atoms with Gasteiger partial charge in [0.15, 0.2) is 11.5 Å². The molecule has 1 saturated carbocycles. The number of rotatable bonds is 3. The van der Waals surface area contributed by atoms with E-state index in [0.29, 0.717) is 16.7 Å². The lowest BCUT2D eigenvalue weighted by Crippen LogP contribution is -2.46. The lowest BCUT2D eigenvalue weighted by atomic mass is 9.68. The van der Waals surface area contributed by atoms with Crippen LogP contribution in [0.3, 0.4) is 0 Å². The van der Waals surface area contributed by atoms with Gasteiger partial charge in [-0.1, -0.05) is 37.5 Å². The summed E-state index contributed by atoms with van der Waals surface area (Å²) >= 11 is 0. The molecule has 2 aliphatic rings. The largest absolute Gasteiger partial charge is 0.400 e. The summed E-state index contributed by atoms with van der Waals surface area (Å²) in [6, 6.07) is 12.4. The van der Waals surface area contributed by atoms with Gasteiger partial charge in [-0.15, -0.1) is 0 Å². The standard InChI is InChI=1S/C24H25FN4O.CH4O/c1-15-20(25)12-11-19(17-8-6-7-16(13-17)14-26)21(15)24(18-9-4-3-5-10-18)22(30)29(2)23(27)28-24;1-2/h6-8,11-13,18H,3-5,9-10H2,1-2H3,(H2,27,28);2H,1H3. The first-order valence-corrected chi connectivity index (χ1v) is 10.8. The summed E-state index contributed by atoms with van der Waals surface area (Å²) in [6.07, 6.45) is 4.81. The Bertz CT molecular complexity index is 1090. The minimum absolute atomic E-state index is 0.0550. The van der Waals surface area contributed by atoms with Crippen molar-refractivity contribution in [2.75, 3.05) is 14.2 Å². The summed E-state index contributed by atoms with van der Waals surface area (Å²) in [5, 5.41) is 16.3. The molecule has 3 N–H and O–H groups in total. The Morgan fingerprint density at radius 1 is 1.22 bits per heavy atom. The number of hydrogen-bond acceptors (Lipinski definition) is 5. The maximum atomic E-state index is 14.9. The minimum Gasteiger partial charge on any atom is -0.400 e. The van der Waals surface area contributed by atoms with Crippen molar-refractivity contribution in [2.24, 2.45) is 16.6 Å². The van der Waals surface area contributed by atoms with Crippen LogP contribution in [0.1, 0.15) is 48.8 Å². The molecule has 32 heavy (non-hydrogen) atoms. The van der Waals surface area contributed by atoms with Gasteiger partial charge in [-0.2, -0.15) is 5.26 Å². The highest BCUT2D eigenvalue weighted by molar-refractivity contribution is 6.08. The van der Waals surface area contributed by atoms with E-state index in [0.717, 1.165) is 50.3 Å². The molecule has 2 aromatic carbocycles. The van der Waals surface area contributed by atoms with E-state index < -0.39 is 5.54 Å². The fourth-order valence-electron chi connectivity index (χ4n) is 4.99. The Kier molecular flexibility index (Phi) is 6.95. The second-order valence-electron chi connectivity index (χ2n) is 8.22. The average molecular weight is 437 g/mol. The number of carbonyl (C=O) groups excluding carboxylic acids is 1. The maximum absolute atomic E-state index is 14.9. The molecule has 1 aliphatic carbocycles. The number of benzene rings is 2. The molecule has 4 rings (SSSR count). The molecule has 0 radical (unpaired) electrons. The number of likely N-dealkylation sites (N-methyl/N-ethyl adjacent to an activating group) is 1. The number of aliphatic imine (C=N–C) groups is 1. The second kappa shape index (κ2) is 9.49. The molecule has 0 aromatic heterocycles. The second-order valence-corrected chi connectivity index (χ2v) is 8.22. The molecule has 168 valence electrons. The Morgan fingerprint density at radius 3 is 2.50 bits per heavy atom. The first-order valence-electron chi connectivity index (χ1n) is 10.8. The van der Waals surface area contributed by atoms with Gasteiger partial charge in [0, 0.05) is 19.7 Å². The topological polar surface area (TPSA) is 103 Å².